The van der Waals surface area contributed by atoms with E-state index in [1.807, 2.05) is 0 Å². The Bertz CT molecular complexity index is 2730. The van der Waals surface area contributed by atoms with Gasteiger partial charge in [-0.05, 0) is 104 Å². The molecule has 3 heteroatoms. The number of hydrogen-bond acceptors (Lipinski definition) is 2. The van der Waals surface area contributed by atoms with Crippen molar-refractivity contribution in [3.05, 3.63) is 253 Å². The van der Waals surface area contributed by atoms with Crippen molar-refractivity contribution in [2.24, 2.45) is 0 Å². The molecule has 0 aliphatic heterocycles. The summed E-state index contributed by atoms with van der Waals surface area (Å²) in [5, 5.41) is 4.17. The fourth-order valence-electron chi connectivity index (χ4n) is 10.3. The Kier molecular flexibility index (Phi) is 9.75. The maximum Gasteiger partial charge on any atom is 0.158 e. The van der Waals surface area contributed by atoms with Crippen molar-refractivity contribution in [3.8, 4) is 11.1 Å². The van der Waals surface area contributed by atoms with E-state index in [1.165, 1.54) is 54.9 Å². The molecular weight excluding hydrogens is 741 g/mol. The Morgan fingerprint density at radius 2 is 0.917 bits per heavy atom. The molecule has 0 radical (unpaired) electrons. The first-order chi connectivity index (χ1) is 29.6. The van der Waals surface area contributed by atoms with Gasteiger partial charge in [-0.25, -0.2) is 0 Å². The lowest BCUT2D eigenvalue weighted by Gasteiger charge is -2.44. The van der Waals surface area contributed by atoms with E-state index in [4.69, 9.17) is 0 Å². The first-order valence-corrected chi connectivity index (χ1v) is 23.2. The van der Waals surface area contributed by atoms with Crippen molar-refractivity contribution in [3.63, 3.8) is 0 Å². The molecule has 1 unspecified atom stereocenters. The third-order valence-corrected chi connectivity index (χ3v) is 18.0. The number of anilines is 5. The average molecular weight is 789 g/mol. The van der Waals surface area contributed by atoms with E-state index in [-0.39, 0.29) is 11.0 Å². The van der Waals surface area contributed by atoms with Crippen LogP contribution in [-0.4, -0.2) is 8.07 Å². The molecule has 60 heavy (non-hydrogen) atoms. The molecule has 0 amide bonds. The predicted molar refractivity (Wildman–Crippen MR) is 257 cm³/mol. The van der Waals surface area contributed by atoms with Crippen LogP contribution in [0.2, 0.25) is 5.54 Å². The molecule has 0 aromatic heterocycles. The summed E-state index contributed by atoms with van der Waals surface area (Å²) in [6, 6.07) is 80.9. The standard InChI is InChI=1S/C57H48N2Si/c1-57(2)52-38-19-18-36-50(52)51-37-23-40-54(56(51)57)59(45-28-12-5-13-29-45)53-39-20-21-41-55(53)60(47-31-14-6-15-32-47,48-33-16-7-17-34-48)49-35-22-30-46(42-49)58(43-24-8-3-9-25-43)44-26-10-4-11-27-44/h3-41,49H,42H2,1-2H3. The first-order valence-electron chi connectivity index (χ1n) is 21.1. The Morgan fingerprint density at radius 1 is 0.450 bits per heavy atom. The summed E-state index contributed by atoms with van der Waals surface area (Å²) in [7, 11) is -3.01. The first kappa shape index (κ1) is 37.3. The summed E-state index contributed by atoms with van der Waals surface area (Å²) in [5.74, 6) is 0. The van der Waals surface area contributed by atoms with Crippen LogP contribution in [0.4, 0.5) is 28.4 Å². The third-order valence-electron chi connectivity index (χ3n) is 12.8. The summed E-state index contributed by atoms with van der Waals surface area (Å²) >= 11 is 0. The number of benzene rings is 8. The van der Waals surface area contributed by atoms with E-state index < -0.39 is 8.07 Å². The highest BCUT2D eigenvalue weighted by molar-refractivity contribution is 7.13. The molecular formula is C57H48N2Si. The number of nitrogens with zero attached hydrogens (tertiary/aromatic N) is 2. The quantitative estimate of drug-likeness (QED) is 0.101. The molecule has 0 fully saturated rings. The van der Waals surface area contributed by atoms with Crippen molar-refractivity contribution >= 4 is 52.1 Å². The van der Waals surface area contributed by atoms with Crippen molar-refractivity contribution in [1.29, 1.82) is 0 Å². The summed E-state index contributed by atoms with van der Waals surface area (Å²) in [6.45, 7) is 4.80. The molecule has 1 atom stereocenters. The van der Waals surface area contributed by atoms with Gasteiger partial charge in [0.2, 0.25) is 0 Å². The average Bonchev–Trinajstić information content (AvgIpc) is 3.55. The largest absolute Gasteiger partial charge is 0.314 e. The number of hydrogen-bond donors (Lipinski definition) is 0. The summed E-state index contributed by atoms with van der Waals surface area (Å²) in [5.41, 5.74) is 12.5. The molecule has 2 aliphatic carbocycles. The molecule has 290 valence electrons. The van der Waals surface area contributed by atoms with Gasteiger partial charge in [0.05, 0.1) is 5.69 Å². The van der Waals surface area contributed by atoms with Crippen LogP contribution in [0.1, 0.15) is 31.4 Å². The predicted octanol–water partition coefficient (Wildman–Crippen LogP) is 13.0. The number of rotatable bonds is 10. The van der Waals surface area contributed by atoms with Gasteiger partial charge in [-0.15, -0.1) is 0 Å². The van der Waals surface area contributed by atoms with Crippen LogP contribution >= 0.6 is 0 Å². The fraction of sp³-hybridized carbons (Fsp3) is 0.0877. The highest BCUT2D eigenvalue weighted by Gasteiger charge is 2.49. The molecule has 0 N–H and O–H groups in total. The van der Waals surface area contributed by atoms with Gasteiger partial charge in [-0.3, -0.25) is 0 Å². The second-order valence-electron chi connectivity index (χ2n) is 16.5. The summed E-state index contributed by atoms with van der Waals surface area (Å²) in [4.78, 5) is 5.04. The lowest BCUT2D eigenvalue weighted by molar-refractivity contribution is 0.661. The maximum absolute atomic E-state index is 3.01. The Morgan fingerprint density at radius 3 is 1.52 bits per heavy atom. The molecule has 10 rings (SSSR count). The summed E-state index contributed by atoms with van der Waals surface area (Å²) < 4.78 is 0. The Balaban J connectivity index is 1.24. The van der Waals surface area contributed by atoms with Crippen LogP contribution in [-0.2, 0) is 5.41 Å². The second-order valence-corrected chi connectivity index (χ2v) is 20.5. The molecule has 8 aromatic carbocycles. The van der Waals surface area contributed by atoms with E-state index >= 15 is 0 Å². The van der Waals surface area contributed by atoms with Crippen molar-refractivity contribution in [1.82, 2.24) is 0 Å². The summed E-state index contributed by atoms with van der Waals surface area (Å²) in [6.07, 6.45) is 8.05. The minimum atomic E-state index is -3.01. The number of allylic oxidation sites excluding steroid dienone is 4. The second kappa shape index (κ2) is 15.7. The van der Waals surface area contributed by atoms with Gasteiger partial charge in [0, 0.05) is 33.9 Å². The zero-order chi connectivity index (χ0) is 40.5. The molecule has 0 heterocycles. The van der Waals surface area contributed by atoms with Crippen LogP contribution in [0, 0.1) is 0 Å². The van der Waals surface area contributed by atoms with Gasteiger partial charge in [0.25, 0.3) is 0 Å². The Hall–Kier alpha value is -6.94. The lowest BCUT2D eigenvalue weighted by atomic mass is 9.81. The molecule has 2 nitrogen and oxygen atoms in total. The van der Waals surface area contributed by atoms with E-state index in [1.54, 1.807) is 0 Å². The fourth-order valence-corrected chi connectivity index (χ4v) is 15.8. The van der Waals surface area contributed by atoms with E-state index in [2.05, 4.69) is 260 Å². The number of fused-ring (bicyclic) bond motifs is 3. The van der Waals surface area contributed by atoms with E-state index in [9.17, 15) is 0 Å². The highest BCUT2D eigenvalue weighted by Crippen LogP contribution is 2.54. The molecule has 8 aromatic rings. The maximum atomic E-state index is 2.58. The minimum Gasteiger partial charge on any atom is -0.314 e. The zero-order valence-electron chi connectivity index (χ0n) is 34.2. The van der Waals surface area contributed by atoms with Gasteiger partial charge in [0.15, 0.2) is 8.07 Å². The van der Waals surface area contributed by atoms with E-state index in [0.29, 0.717) is 0 Å². The SMILES string of the molecule is CC1(C)c2ccccc2-c2cccc(N(c3ccccc3)c3ccccc3[Si](c3ccccc3)(c3ccccc3)C3C=CC=C(N(c4ccccc4)c4ccccc4)C3)c21. The monoisotopic (exact) mass is 788 g/mol. The Labute approximate surface area is 356 Å². The molecule has 0 spiro atoms. The van der Waals surface area contributed by atoms with Crippen LogP contribution in [0.5, 0.6) is 0 Å². The highest BCUT2D eigenvalue weighted by atomic mass is 28.3. The van der Waals surface area contributed by atoms with Gasteiger partial charge in [-0.1, -0.05) is 196 Å². The van der Waals surface area contributed by atoms with E-state index in [0.717, 1.165) is 23.5 Å². The van der Waals surface area contributed by atoms with Gasteiger partial charge < -0.3 is 9.80 Å². The van der Waals surface area contributed by atoms with Crippen LogP contribution in [0.25, 0.3) is 11.1 Å². The van der Waals surface area contributed by atoms with Gasteiger partial charge in [-0.2, -0.15) is 0 Å². The molecule has 0 bridgehead atoms. The van der Waals surface area contributed by atoms with Crippen LogP contribution in [0.15, 0.2) is 242 Å². The van der Waals surface area contributed by atoms with Crippen LogP contribution < -0.4 is 25.4 Å². The molecule has 0 saturated carbocycles. The van der Waals surface area contributed by atoms with Crippen molar-refractivity contribution < 1.29 is 0 Å². The van der Waals surface area contributed by atoms with Crippen molar-refractivity contribution in [2.45, 2.75) is 31.2 Å². The molecule has 2 aliphatic rings. The minimum absolute atomic E-state index is 0.165. The van der Waals surface area contributed by atoms with Gasteiger partial charge >= 0.3 is 0 Å². The smallest absolute Gasteiger partial charge is 0.158 e. The van der Waals surface area contributed by atoms with Crippen LogP contribution in [0.3, 0.4) is 0 Å². The normalized spacial score (nSPS) is 15.1. The topological polar surface area (TPSA) is 6.48 Å². The zero-order valence-corrected chi connectivity index (χ0v) is 35.2. The third kappa shape index (κ3) is 6.25. The lowest BCUT2D eigenvalue weighted by Crippen LogP contribution is -2.70. The van der Waals surface area contributed by atoms with Crippen molar-refractivity contribution in [2.75, 3.05) is 9.80 Å². The van der Waals surface area contributed by atoms with Gasteiger partial charge in [0.1, 0.15) is 0 Å². The number of para-hydroxylation sites is 4. The molecule has 0 saturated heterocycles.